The summed E-state index contributed by atoms with van der Waals surface area (Å²) >= 11 is 4.09. The quantitative estimate of drug-likeness (QED) is 0.412. The van der Waals surface area contributed by atoms with Crippen LogP contribution in [-0.4, -0.2) is 18.3 Å². The number of rotatable bonds is 6. The number of unbranched alkanes of at least 4 members (excludes halogenated alkanes) is 3. The first kappa shape index (κ1) is 10.6. The number of thiol groups is 1. The highest BCUT2D eigenvalue weighted by Crippen LogP contribution is 1.99. The monoisotopic (exact) mass is 176 g/mol. The van der Waals surface area contributed by atoms with Crippen molar-refractivity contribution in [2.24, 2.45) is 5.73 Å². The smallest absolute Gasteiger partial charge is 0.312 e. The lowest BCUT2D eigenvalue weighted by Crippen LogP contribution is -2.29. The third-order valence-electron chi connectivity index (χ3n) is 1.38. The van der Waals surface area contributed by atoms with Gasteiger partial charge in [0.1, 0.15) is 0 Å². The average Bonchev–Trinajstić information content (AvgIpc) is 1.96. The van der Waals surface area contributed by atoms with E-state index in [-0.39, 0.29) is 0 Å². The van der Waals surface area contributed by atoms with E-state index in [1.54, 1.807) is 0 Å². The Morgan fingerprint density at radius 1 is 1.27 bits per heavy atom. The molecule has 0 radical (unpaired) electrons. The van der Waals surface area contributed by atoms with Gasteiger partial charge in [0.15, 0.2) is 0 Å². The van der Waals surface area contributed by atoms with Gasteiger partial charge >= 0.3 is 6.03 Å². The summed E-state index contributed by atoms with van der Waals surface area (Å²) in [5.41, 5.74) is 4.87. The van der Waals surface area contributed by atoms with Crippen LogP contribution in [0, 0.1) is 0 Å². The maximum atomic E-state index is 10.2. The second kappa shape index (κ2) is 7.72. The molecule has 0 rings (SSSR count). The van der Waals surface area contributed by atoms with E-state index < -0.39 is 6.03 Å². The Morgan fingerprint density at radius 2 is 1.91 bits per heavy atom. The summed E-state index contributed by atoms with van der Waals surface area (Å²) in [5, 5.41) is 2.54. The first-order chi connectivity index (χ1) is 5.27. The fourth-order valence-electron chi connectivity index (χ4n) is 0.802. The van der Waals surface area contributed by atoms with E-state index in [1.807, 2.05) is 0 Å². The summed E-state index contributed by atoms with van der Waals surface area (Å²) < 4.78 is 0. The van der Waals surface area contributed by atoms with Gasteiger partial charge < -0.3 is 11.1 Å². The van der Waals surface area contributed by atoms with Crippen molar-refractivity contribution in [2.45, 2.75) is 25.7 Å². The van der Waals surface area contributed by atoms with Crippen LogP contribution in [0.5, 0.6) is 0 Å². The third kappa shape index (κ3) is 9.62. The molecule has 0 heterocycles. The molecule has 11 heavy (non-hydrogen) atoms. The minimum absolute atomic E-state index is 0.431. The van der Waals surface area contributed by atoms with Crippen LogP contribution in [0.4, 0.5) is 4.79 Å². The van der Waals surface area contributed by atoms with Crippen molar-refractivity contribution in [1.82, 2.24) is 5.32 Å². The standard InChI is InChI=1S/C7H16N2OS/c8-7(10)9-5-3-1-2-4-6-11/h11H,1-6H2,(H3,8,9,10). The Hall–Kier alpha value is -0.380. The third-order valence-corrected chi connectivity index (χ3v) is 1.70. The number of carbonyl (C=O) groups is 1. The number of nitrogens with two attached hydrogens (primary N) is 1. The van der Waals surface area contributed by atoms with Crippen LogP contribution in [0.25, 0.3) is 0 Å². The van der Waals surface area contributed by atoms with E-state index >= 15 is 0 Å². The van der Waals surface area contributed by atoms with Crippen LogP contribution in [0.1, 0.15) is 25.7 Å². The zero-order valence-electron chi connectivity index (χ0n) is 6.68. The maximum Gasteiger partial charge on any atom is 0.312 e. The van der Waals surface area contributed by atoms with Crippen LogP contribution >= 0.6 is 12.6 Å². The molecule has 0 aromatic rings. The second-order valence-electron chi connectivity index (χ2n) is 2.43. The highest BCUT2D eigenvalue weighted by molar-refractivity contribution is 7.80. The van der Waals surface area contributed by atoms with Crippen LogP contribution in [0.2, 0.25) is 0 Å². The van der Waals surface area contributed by atoms with Gasteiger partial charge in [-0.2, -0.15) is 12.6 Å². The molecule has 66 valence electrons. The predicted octanol–water partition coefficient (Wildman–Crippen LogP) is 1.14. The molecular formula is C7H16N2OS. The number of urea groups is 1. The van der Waals surface area contributed by atoms with E-state index in [1.165, 1.54) is 6.42 Å². The number of hydrogen-bond acceptors (Lipinski definition) is 2. The SMILES string of the molecule is NC(=O)NCCCCCCS. The molecule has 2 amide bonds. The molecule has 0 fully saturated rings. The van der Waals surface area contributed by atoms with Gasteiger partial charge in [-0.15, -0.1) is 0 Å². The summed E-state index contributed by atoms with van der Waals surface area (Å²) in [6.45, 7) is 0.696. The van der Waals surface area contributed by atoms with E-state index in [2.05, 4.69) is 17.9 Å². The maximum absolute atomic E-state index is 10.2. The summed E-state index contributed by atoms with van der Waals surface area (Å²) in [7, 11) is 0. The zero-order valence-corrected chi connectivity index (χ0v) is 7.57. The zero-order chi connectivity index (χ0) is 8.53. The number of carbonyl (C=O) groups excluding carboxylic acids is 1. The molecule has 0 spiro atoms. The van der Waals surface area contributed by atoms with Gasteiger partial charge in [-0.25, -0.2) is 4.79 Å². The van der Waals surface area contributed by atoms with Crippen LogP contribution in [0.15, 0.2) is 0 Å². The van der Waals surface area contributed by atoms with Crippen LogP contribution in [-0.2, 0) is 0 Å². The fraction of sp³-hybridized carbons (Fsp3) is 0.857. The Bertz CT molecular complexity index is 109. The van der Waals surface area contributed by atoms with Gasteiger partial charge in [0.2, 0.25) is 0 Å². The van der Waals surface area contributed by atoms with Gasteiger partial charge in [-0.3, -0.25) is 0 Å². The van der Waals surface area contributed by atoms with Crippen LogP contribution < -0.4 is 11.1 Å². The molecule has 3 N–H and O–H groups in total. The Kier molecular flexibility index (Phi) is 7.46. The molecule has 0 aromatic carbocycles. The van der Waals surface area contributed by atoms with Crippen molar-refractivity contribution in [3.8, 4) is 0 Å². The Balaban J connectivity index is 2.85. The number of hydrogen-bond donors (Lipinski definition) is 3. The summed E-state index contributed by atoms with van der Waals surface area (Å²) in [6.07, 6.45) is 4.49. The summed E-state index contributed by atoms with van der Waals surface area (Å²) in [4.78, 5) is 10.2. The number of amides is 2. The Morgan fingerprint density at radius 3 is 2.45 bits per heavy atom. The molecule has 0 aliphatic heterocycles. The van der Waals surface area contributed by atoms with Gasteiger partial charge in [0.05, 0.1) is 0 Å². The normalized spacial score (nSPS) is 9.55. The van der Waals surface area contributed by atoms with Crippen molar-refractivity contribution >= 4 is 18.7 Å². The molecule has 0 saturated carbocycles. The van der Waals surface area contributed by atoms with Crippen molar-refractivity contribution < 1.29 is 4.79 Å². The Labute approximate surface area is 73.1 Å². The lowest BCUT2D eigenvalue weighted by molar-refractivity contribution is 0.248. The van der Waals surface area contributed by atoms with Crippen molar-refractivity contribution in [3.63, 3.8) is 0 Å². The van der Waals surface area contributed by atoms with Gasteiger partial charge in [-0.1, -0.05) is 12.8 Å². The van der Waals surface area contributed by atoms with Gasteiger partial charge in [-0.05, 0) is 18.6 Å². The number of primary amides is 1. The lowest BCUT2D eigenvalue weighted by Gasteiger charge is -2.00. The topological polar surface area (TPSA) is 55.1 Å². The van der Waals surface area contributed by atoms with Gasteiger partial charge in [0.25, 0.3) is 0 Å². The fourth-order valence-corrected chi connectivity index (χ4v) is 1.03. The largest absolute Gasteiger partial charge is 0.352 e. The summed E-state index contributed by atoms with van der Waals surface area (Å²) in [6, 6.07) is -0.431. The van der Waals surface area contributed by atoms with E-state index in [0.29, 0.717) is 6.54 Å². The molecule has 3 nitrogen and oxygen atoms in total. The molecule has 0 aromatic heterocycles. The first-order valence-corrected chi connectivity index (χ1v) is 4.55. The van der Waals surface area contributed by atoms with Crippen LogP contribution in [0.3, 0.4) is 0 Å². The molecule has 4 heteroatoms. The van der Waals surface area contributed by atoms with Crippen molar-refractivity contribution in [1.29, 1.82) is 0 Å². The van der Waals surface area contributed by atoms with Crippen molar-refractivity contribution in [3.05, 3.63) is 0 Å². The number of nitrogens with one attached hydrogen (secondary N) is 1. The highest BCUT2D eigenvalue weighted by atomic mass is 32.1. The molecule has 0 atom stereocenters. The van der Waals surface area contributed by atoms with Crippen molar-refractivity contribution in [2.75, 3.05) is 12.3 Å². The van der Waals surface area contributed by atoms with Gasteiger partial charge in [0, 0.05) is 6.54 Å². The summed E-state index contributed by atoms with van der Waals surface area (Å²) in [5.74, 6) is 0.948. The average molecular weight is 176 g/mol. The van der Waals surface area contributed by atoms with E-state index in [4.69, 9.17) is 5.73 Å². The minimum Gasteiger partial charge on any atom is -0.352 e. The lowest BCUT2D eigenvalue weighted by atomic mass is 10.2. The molecule has 0 bridgehead atoms. The second-order valence-corrected chi connectivity index (χ2v) is 2.88. The van der Waals surface area contributed by atoms with E-state index in [9.17, 15) is 4.79 Å². The predicted molar refractivity (Wildman–Crippen MR) is 49.9 cm³/mol. The minimum atomic E-state index is -0.431. The molecule has 0 saturated heterocycles. The first-order valence-electron chi connectivity index (χ1n) is 3.91. The molecular weight excluding hydrogens is 160 g/mol. The van der Waals surface area contributed by atoms with E-state index in [0.717, 1.165) is 25.0 Å². The molecule has 0 aliphatic carbocycles. The molecule has 0 aliphatic rings. The highest BCUT2D eigenvalue weighted by Gasteiger charge is 1.90. The molecule has 0 unspecified atom stereocenters.